The molecule has 5 nitrogen and oxygen atoms in total. The van der Waals surface area contributed by atoms with Crippen molar-refractivity contribution in [1.82, 2.24) is 14.8 Å². The third-order valence-electron chi connectivity index (χ3n) is 7.09. The number of aliphatic hydroxyl groups is 1. The Morgan fingerprint density at radius 3 is 2.66 bits per heavy atom. The zero-order chi connectivity index (χ0) is 21.9. The molecule has 1 saturated carbocycles. The first-order valence-corrected chi connectivity index (χ1v) is 11.9. The molecular weight excluding hydrogens is 398 g/mol. The predicted octanol–water partition coefficient (Wildman–Crippen LogP) is 2.84. The number of amides is 1. The van der Waals surface area contributed by atoms with Gasteiger partial charge in [-0.25, -0.2) is 0 Å². The number of pyridine rings is 1. The number of rotatable bonds is 4. The van der Waals surface area contributed by atoms with Crippen LogP contribution >= 0.6 is 0 Å². The second-order valence-corrected chi connectivity index (χ2v) is 9.33. The minimum Gasteiger partial charge on any atom is -0.395 e. The van der Waals surface area contributed by atoms with E-state index in [-0.39, 0.29) is 30.5 Å². The van der Waals surface area contributed by atoms with Crippen molar-refractivity contribution in [1.29, 1.82) is 0 Å². The first-order chi connectivity index (χ1) is 15.7. The summed E-state index contributed by atoms with van der Waals surface area (Å²) >= 11 is 0. The van der Waals surface area contributed by atoms with Crippen LogP contribution in [0.2, 0.25) is 0 Å². The van der Waals surface area contributed by atoms with Gasteiger partial charge in [-0.15, -0.1) is 0 Å². The zero-order valence-corrected chi connectivity index (χ0v) is 18.5. The molecule has 1 aliphatic carbocycles. The van der Waals surface area contributed by atoms with Crippen molar-refractivity contribution in [2.75, 3.05) is 26.2 Å². The molecule has 166 valence electrons. The maximum atomic E-state index is 13.1. The molecule has 2 aromatic rings. The molecule has 5 rings (SSSR count). The predicted molar refractivity (Wildman–Crippen MR) is 124 cm³/mol. The number of aromatic nitrogens is 1. The van der Waals surface area contributed by atoms with E-state index >= 15 is 0 Å². The second kappa shape index (κ2) is 9.44. The summed E-state index contributed by atoms with van der Waals surface area (Å²) in [5, 5.41) is 10.1. The number of hydrogen-bond donors (Lipinski definition) is 1. The van der Waals surface area contributed by atoms with Gasteiger partial charge in [0.1, 0.15) is 0 Å². The van der Waals surface area contributed by atoms with Crippen molar-refractivity contribution in [2.45, 2.75) is 50.1 Å². The fourth-order valence-corrected chi connectivity index (χ4v) is 5.16. The van der Waals surface area contributed by atoms with E-state index in [2.05, 4.69) is 46.0 Å². The molecule has 1 amide bonds. The van der Waals surface area contributed by atoms with Crippen LogP contribution in [0.3, 0.4) is 0 Å². The minimum atomic E-state index is 0.122. The largest absolute Gasteiger partial charge is 0.395 e. The monoisotopic (exact) mass is 429 g/mol. The molecule has 0 spiro atoms. The van der Waals surface area contributed by atoms with Crippen molar-refractivity contribution >= 4 is 5.91 Å². The van der Waals surface area contributed by atoms with Gasteiger partial charge in [0.25, 0.3) is 0 Å². The van der Waals surface area contributed by atoms with Crippen LogP contribution in [0.25, 0.3) is 0 Å². The van der Waals surface area contributed by atoms with Gasteiger partial charge in [-0.05, 0) is 61.6 Å². The van der Waals surface area contributed by atoms with Crippen LogP contribution in [0.4, 0.5) is 0 Å². The molecular formula is C27H31N3O2. The molecule has 1 aromatic carbocycles. The minimum absolute atomic E-state index is 0.122. The van der Waals surface area contributed by atoms with Crippen molar-refractivity contribution < 1.29 is 9.90 Å². The van der Waals surface area contributed by atoms with Gasteiger partial charge in [-0.2, -0.15) is 0 Å². The van der Waals surface area contributed by atoms with E-state index < -0.39 is 0 Å². The molecule has 0 bridgehead atoms. The average Bonchev–Trinajstić information content (AvgIpc) is 3.63. The summed E-state index contributed by atoms with van der Waals surface area (Å²) in [6.07, 6.45) is 8.42. The van der Waals surface area contributed by atoms with Crippen molar-refractivity contribution in [2.24, 2.45) is 5.92 Å². The Hall–Kier alpha value is -2.68. The molecule has 3 heterocycles. The summed E-state index contributed by atoms with van der Waals surface area (Å²) in [6, 6.07) is 12.8. The lowest BCUT2D eigenvalue weighted by molar-refractivity contribution is -0.135. The van der Waals surface area contributed by atoms with Gasteiger partial charge in [0.05, 0.1) is 13.0 Å². The average molecular weight is 430 g/mol. The van der Waals surface area contributed by atoms with E-state index in [4.69, 9.17) is 0 Å². The standard InChI is InChI=1S/C27H31N3O2/c31-19-25-27(23-11-9-21(10-12-23)8-7-20-5-6-20)24-18-29(14-1-2-15-30(24)25)26(32)16-22-4-3-13-28-17-22/h3-4,9-13,17,20,24-25,27,31H,1-2,5-6,14-16,18-19H2/t24-,25-,27-/m0/s1. The van der Waals surface area contributed by atoms with E-state index in [1.165, 1.54) is 18.4 Å². The lowest BCUT2D eigenvalue weighted by Gasteiger charge is -2.57. The fraction of sp³-hybridized carbons (Fsp3) is 0.481. The second-order valence-electron chi connectivity index (χ2n) is 9.33. The van der Waals surface area contributed by atoms with Crippen LogP contribution in [-0.4, -0.2) is 64.1 Å². The van der Waals surface area contributed by atoms with E-state index in [1.807, 2.05) is 17.0 Å². The molecule has 32 heavy (non-hydrogen) atoms. The zero-order valence-electron chi connectivity index (χ0n) is 18.5. The highest BCUT2D eigenvalue weighted by atomic mass is 16.3. The Morgan fingerprint density at radius 2 is 1.94 bits per heavy atom. The summed E-state index contributed by atoms with van der Waals surface area (Å²) in [5.74, 6) is 7.60. The van der Waals surface area contributed by atoms with Crippen LogP contribution < -0.4 is 0 Å². The molecule has 3 fully saturated rings. The molecule has 3 aliphatic rings. The first-order valence-electron chi connectivity index (χ1n) is 11.9. The Kier molecular flexibility index (Phi) is 6.25. The van der Waals surface area contributed by atoms with E-state index in [1.54, 1.807) is 12.4 Å². The van der Waals surface area contributed by atoms with Crippen molar-refractivity contribution in [3.63, 3.8) is 0 Å². The van der Waals surface area contributed by atoms with Crippen LogP contribution in [0.1, 0.15) is 48.3 Å². The maximum Gasteiger partial charge on any atom is 0.227 e. The first kappa shape index (κ1) is 21.2. The van der Waals surface area contributed by atoms with E-state index in [0.717, 1.165) is 37.1 Å². The van der Waals surface area contributed by atoms with Gasteiger partial charge in [-0.3, -0.25) is 14.7 Å². The molecule has 5 heteroatoms. The Morgan fingerprint density at radius 1 is 1.12 bits per heavy atom. The highest BCUT2D eigenvalue weighted by Gasteiger charge is 2.49. The summed E-state index contributed by atoms with van der Waals surface area (Å²) in [7, 11) is 0. The summed E-state index contributed by atoms with van der Waals surface area (Å²) in [4.78, 5) is 21.7. The normalized spacial score (nSPS) is 25.5. The maximum absolute atomic E-state index is 13.1. The third kappa shape index (κ3) is 4.57. The SMILES string of the molecule is O=C(Cc1cccnc1)N1CCCCN2[C@@H](CO)[C@@H](c3ccc(C#CC4CC4)cc3)[C@@H]2C1. The number of aliphatic hydroxyl groups excluding tert-OH is 1. The van der Waals surface area contributed by atoms with Gasteiger partial charge in [-0.1, -0.05) is 30.0 Å². The van der Waals surface area contributed by atoms with Gasteiger partial charge in [0.15, 0.2) is 0 Å². The number of carbonyl (C=O) groups excluding carboxylic acids is 1. The summed E-state index contributed by atoms with van der Waals surface area (Å²) < 4.78 is 0. The molecule has 0 radical (unpaired) electrons. The van der Waals surface area contributed by atoms with Gasteiger partial charge in [0, 0.05) is 55.0 Å². The summed E-state index contributed by atoms with van der Waals surface area (Å²) in [5.41, 5.74) is 3.25. The molecule has 0 unspecified atom stereocenters. The third-order valence-corrected chi connectivity index (χ3v) is 7.09. The molecule has 1 aromatic heterocycles. The number of fused-ring (bicyclic) bond motifs is 1. The Balaban J connectivity index is 1.32. The smallest absolute Gasteiger partial charge is 0.227 e. The van der Waals surface area contributed by atoms with Crippen LogP contribution in [0.15, 0.2) is 48.8 Å². The highest BCUT2D eigenvalue weighted by Crippen LogP contribution is 2.42. The quantitative estimate of drug-likeness (QED) is 0.760. The van der Waals surface area contributed by atoms with Crippen LogP contribution in [0.5, 0.6) is 0 Å². The van der Waals surface area contributed by atoms with E-state index in [0.29, 0.717) is 18.9 Å². The lowest BCUT2D eigenvalue weighted by Crippen LogP contribution is -2.68. The summed E-state index contributed by atoms with van der Waals surface area (Å²) in [6.45, 7) is 2.65. The van der Waals surface area contributed by atoms with Gasteiger partial charge in [0.2, 0.25) is 5.91 Å². The Labute approximate surface area is 190 Å². The van der Waals surface area contributed by atoms with Gasteiger partial charge >= 0.3 is 0 Å². The molecule has 1 N–H and O–H groups in total. The van der Waals surface area contributed by atoms with Gasteiger partial charge < -0.3 is 10.0 Å². The van der Waals surface area contributed by atoms with Crippen molar-refractivity contribution in [3.05, 3.63) is 65.5 Å². The van der Waals surface area contributed by atoms with Crippen LogP contribution in [0, 0.1) is 17.8 Å². The number of hydrogen-bond acceptors (Lipinski definition) is 4. The van der Waals surface area contributed by atoms with Crippen molar-refractivity contribution in [3.8, 4) is 11.8 Å². The molecule has 2 saturated heterocycles. The topological polar surface area (TPSA) is 56.7 Å². The Bertz CT molecular complexity index is 991. The molecule has 3 atom stereocenters. The lowest BCUT2D eigenvalue weighted by atomic mass is 9.74. The van der Waals surface area contributed by atoms with E-state index in [9.17, 15) is 9.90 Å². The van der Waals surface area contributed by atoms with Crippen LogP contribution in [-0.2, 0) is 11.2 Å². The highest BCUT2D eigenvalue weighted by molar-refractivity contribution is 5.78. The molecule has 2 aliphatic heterocycles. The fourth-order valence-electron chi connectivity index (χ4n) is 5.16. The number of carbonyl (C=O) groups is 1. The number of nitrogens with zero attached hydrogens (tertiary/aromatic N) is 3. The number of benzene rings is 1.